The van der Waals surface area contributed by atoms with Gasteiger partial charge in [-0.3, -0.25) is 4.99 Å². The van der Waals surface area contributed by atoms with Crippen LogP contribution in [0.1, 0.15) is 5.56 Å². The molecule has 0 fully saturated rings. The first-order valence-corrected chi connectivity index (χ1v) is 3.54. The maximum absolute atomic E-state index is 3.89. The number of allylic oxidation sites excluding steroid dienone is 1. The van der Waals surface area contributed by atoms with E-state index in [-0.39, 0.29) is 0 Å². The van der Waals surface area contributed by atoms with E-state index in [0.717, 1.165) is 12.1 Å². The van der Waals surface area contributed by atoms with Crippen LogP contribution in [0.5, 0.6) is 0 Å². The number of hydrogen-bond acceptors (Lipinski definition) is 1. The Morgan fingerprint density at radius 2 is 2.09 bits per heavy atom. The molecule has 0 amide bonds. The number of aliphatic imine (C=N–C) groups is 1. The van der Waals surface area contributed by atoms with Gasteiger partial charge in [0.05, 0.1) is 5.69 Å². The number of nitrogens with zero attached hydrogens (tertiary/aromatic N) is 1. The maximum atomic E-state index is 3.89. The Morgan fingerprint density at radius 1 is 1.36 bits per heavy atom. The van der Waals surface area contributed by atoms with Crippen LogP contribution in [-0.2, 0) is 6.42 Å². The molecular weight excluding hydrogens is 134 g/mol. The van der Waals surface area contributed by atoms with E-state index in [1.54, 1.807) is 0 Å². The Morgan fingerprint density at radius 3 is 2.73 bits per heavy atom. The van der Waals surface area contributed by atoms with E-state index >= 15 is 0 Å². The lowest BCUT2D eigenvalue weighted by molar-refractivity contribution is 1.26. The molecule has 0 aliphatic rings. The van der Waals surface area contributed by atoms with Crippen LogP contribution in [0.2, 0.25) is 0 Å². The van der Waals surface area contributed by atoms with Crippen molar-refractivity contribution in [1.29, 1.82) is 0 Å². The summed E-state index contributed by atoms with van der Waals surface area (Å²) in [6, 6.07) is 7.93. The quantitative estimate of drug-likeness (QED) is 0.458. The van der Waals surface area contributed by atoms with E-state index in [4.69, 9.17) is 0 Å². The lowest BCUT2D eigenvalue weighted by Gasteiger charge is -1.99. The highest BCUT2D eigenvalue weighted by molar-refractivity contribution is 5.51. The van der Waals surface area contributed by atoms with E-state index in [9.17, 15) is 0 Å². The Hall–Kier alpha value is -1.37. The highest BCUT2D eigenvalue weighted by Gasteiger charge is 1.94. The van der Waals surface area contributed by atoms with E-state index in [0.29, 0.717) is 0 Å². The monoisotopic (exact) mass is 145 g/mol. The molecule has 0 aliphatic heterocycles. The number of para-hydroxylation sites is 1. The van der Waals surface area contributed by atoms with Crippen molar-refractivity contribution in [3.05, 3.63) is 42.5 Å². The number of hydrogen-bond donors (Lipinski definition) is 0. The van der Waals surface area contributed by atoms with Crippen LogP contribution in [-0.4, -0.2) is 6.72 Å². The molecule has 56 valence electrons. The van der Waals surface area contributed by atoms with Crippen LogP contribution in [0.3, 0.4) is 0 Å². The minimum Gasteiger partial charge on any atom is -0.264 e. The van der Waals surface area contributed by atoms with Gasteiger partial charge < -0.3 is 0 Å². The highest BCUT2D eigenvalue weighted by Crippen LogP contribution is 2.17. The van der Waals surface area contributed by atoms with Crippen LogP contribution in [0.15, 0.2) is 41.9 Å². The van der Waals surface area contributed by atoms with E-state index in [1.165, 1.54) is 5.56 Å². The zero-order valence-corrected chi connectivity index (χ0v) is 6.46. The van der Waals surface area contributed by atoms with Crippen molar-refractivity contribution in [3.8, 4) is 0 Å². The van der Waals surface area contributed by atoms with Gasteiger partial charge in [0.15, 0.2) is 0 Å². The molecule has 0 N–H and O–H groups in total. The first-order chi connectivity index (χ1) is 5.38. The van der Waals surface area contributed by atoms with Crippen molar-refractivity contribution in [2.45, 2.75) is 6.42 Å². The standard InChI is InChI=1S/C10H11N/c1-3-6-9-7-4-5-8-10(9)11-2/h3-5,7-8H,1-2,6H2. The van der Waals surface area contributed by atoms with Crippen LogP contribution in [0.25, 0.3) is 0 Å². The first kappa shape index (κ1) is 7.73. The van der Waals surface area contributed by atoms with Crippen molar-refractivity contribution in [1.82, 2.24) is 0 Å². The van der Waals surface area contributed by atoms with Gasteiger partial charge in [-0.05, 0) is 24.8 Å². The van der Waals surface area contributed by atoms with Crippen molar-refractivity contribution in [3.63, 3.8) is 0 Å². The van der Waals surface area contributed by atoms with Crippen molar-refractivity contribution in [2.75, 3.05) is 0 Å². The molecule has 0 saturated carbocycles. The molecule has 0 aliphatic carbocycles. The maximum Gasteiger partial charge on any atom is 0.0657 e. The molecule has 0 unspecified atom stereocenters. The topological polar surface area (TPSA) is 12.4 Å². The minimum absolute atomic E-state index is 0.856. The Balaban J connectivity index is 3.01. The second kappa shape index (κ2) is 3.71. The van der Waals surface area contributed by atoms with E-state index < -0.39 is 0 Å². The van der Waals surface area contributed by atoms with Gasteiger partial charge in [0.1, 0.15) is 0 Å². The van der Waals surface area contributed by atoms with Crippen LogP contribution in [0, 0.1) is 0 Å². The molecule has 0 spiro atoms. The highest BCUT2D eigenvalue weighted by atomic mass is 14.7. The molecule has 11 heavy (non-hydrogen) atoms. The summed E-state index contributed by atoms with van der Waals surface area (Å²) in [6.07, 6.45) is 2.72. The smallest absolute Gasteiger partial charge is 0.0657 e. The number of rotatable bonds is 3. The molecule has 1 rings (SSSR count). The van der Waals surface area contributed by atoms with E-state index in [1.807, 2.05) is 30.3 Å². The average Bonchev–Trinajstić information content (AvgIpc) is 2.06. The molecule has 1 heteroatoms. The van der Waals surface area contributed by atoms with Crippen molar-refractivity contribution in [2.24, 2.45) is 4.99 Å². The zero-order chi connectivity index (χ0) is 8.10. The first-order valence-electron chi connectivity index (χ1n) is 3.54. The Kier molecular flexibility index (Phi) is 2.61. The van der Waals surface area contributed by atoms with Gasteiger partial charge in [0.25, 0.3) is 0 Å². The van der Waals surface area contributed by atoms with E-state index in [2.05, 4.69) is 18.3 Å². The summed E-state index contributed by atoms with van der Waals surface area (Å²) in [5.74, 6) is 0. The van der Waals surface area contributed by atoms with Gasteiger partial charge in [-0.15, -0.1) is 6.58 Å². The lowest BCUT2D eigenvalue weighted by Crippen LogP contribution is -1.79. The largest absolute Gasteiger partial charge is 0.264 e. The molecule has 0 heterocycles. The molecule has 1 nitrogen and oxygen atoms in total. The van der Waals surface area contributed by atoms with Gasteiger partial charge in [-0.2, -0.15) is 0 Å². The van der Waals surface area contributed by atoms with Crippen LogP contribution < -0.4 is 0 Å². The van der Waals surface area contributed by atoms with Crippen LogP contribution in [0.4, 0.5) is 5.69 Å². The second-order valence-corrected chi connectivity index (χ2v) is 2.28. The fourth-order valence-electron chi connectivity index (χ4n) is 0.993. The summed E-state index contributed by atoms with van der Waals surface area (Å²) >= 11 is 0. The van der Waals surface area contributed by atoms with Crippen molar-refractivity contribution >= 4 is 12.4 Å². The molecule has 0 atom stereocenters. The summed E-state index contributed by atoms with van der Waals surface area (Å²) < 4.78 is 0. The summed E-state index contributed by atoms with van der Waals surface area (Å²) in [5, 5.41) is 0. The molecule has 0 bridgehead atoms. The fourth-order valence-corrected chi connectivity index (χ4v) is 0.993. The summed E-state index contributed by atoms with van der Waals surface area (Å²) in [6.45, 7) is 7.16. The van der Waals surface area contributed by atoms with Gasteiger partial charge in [0.2, 0.25) is 0 Å². The third-order valence-electron chi connectivity index (χ3n) is 1.53. The Bertz CT molecular complexity index is 263. The molecule has 0 aromatic heterocycles. The predicted octanol–water partition coefficient (Wildman–Crippen LogP) is 2.75. The molecule has 1 aromatic carbocycles. The van der Waals surface area contributed by atoms with Gasteiger partial charge in [-0.1, -0.05) is 24.3 Å². The molecule has 1 aromatic rings. The summed E-state index contributed by atoms with van der Waals surface area (Å²) in [4.78, 5) is 3.89. The van der Waals surface area contributed by atoms with Crippen molar-refractivity contribution < 1.29 is 0 Å². The third-order valence-corrected chi connectivity index (χ3v) is 1.53. The Labute approximate surface area is 67.1 Å². The second-order valence-electron chi connectivity index (χ2n) is 2.28. The normalized spacial score (nSPS) is 9.09. The number of benzene rings is 1. The lowest BCUT2D eigenvalue weighted by atomic mass is 10.1. The van der Waals surface area contributed by atoms with Crippen LogP contribution >= 0.6 is 0 Å². The fraction of sp³-hybridized carbons (Fsp3) is 0.100. The van der Waals surface area contributed by atoms with Gasteiger partial charge in [-0.25, -0.2) is 0 Å². The van der Waals surface area contributed by atoms with Gasteiger partial charge >= 0.3 is 0 Å². The summed E-state index contributed by atoms with van der Waals surface area (Å²) in [5.41, 5.74) is 2.13. The zero-order valence-electron chi connectivity index (χ0n) is 6.46. The molecular formula is C10H11N. The SMILES string of the molecule is C=CCc1ccccc1N=C. The average molecular weight is 145 g/mol. The predicted molar refractivity (Wildman–Crippen MR) is 49.6 cm³/mol. The third kappa shape index (κ3) is 1.77. The molecule has 0 saturated heterocycles. The van der Waals surface area contributed by atoms with Gasteiger partial charge in [0, 0.05) is 0 Å². The summed E-state index contributed by atoms with van der Waals surface area (Å²) in [7, 11) is 0. The minimum atomic E-state index is 0.856. The molecule has 0 radical (unpaired) electrons.